The first kappa shape index (κ1) is 10.6. The highest BCUT2D eigenvalue weighted by Gasteiger charge is 2.08. The lowest BCUT2D eigenvalue weighted by Crippen LogP contribution is -2.33. The lowest BCUT2D eigenvalue weighted by molar-refractivity contribution is 0.167. The van der Waals surface area contributed by atoms with Crippen LogP contribution in [0.1, 0.15) is 20.3 Å². The molecule has 0 aliphatic carbocycles. The molecule has 3 nitrogen and oxygen atoms in total. The van der Waals surface area contributed by atoms with Crippen molar-refractivity contribution in [3.63, 3.8) is 0 Å². The Morgan fingerprint density at radius 1 is 1.64 bits per heavy atom. The molecule has 66 valence electrons. The summed E-state index contributed by atoms with van der Waals surface area (Å²) in [4.78, 5) is 10.6. The molecule has 0 radical (unpaired) electrons. The first-order valence-electron chi connectivity index (χ1n) is 3.58. The number of carbonyl (C=O) groups excluding carboxylic acids is 1. The molecule has 0 saturated heterocycles. The Hall–Kier alpha value is -0.380. The molecule has 0 fully saturated rings. The van der Waals surface area contributed by atoms with Crippen molar-refractivity contribution in [2.75, 3.05) is 7.11 Å². The van der Waals surface area contributed by atoms with Gasteiger partial charge < -0.3 is 10.1 Å². The topological polar surface area (TPSA) is 38.3 Å². The highest BCUT2D eigenvalue weighted by atomic mass is 32.1. The average Bonchev–Trinajstić information content (AvgIpc) is 1.85. The van der Waals surface area contributed by atoms with E-state index in [9.17, 15) is 4.79 Å². The summed E-state index contributed by atoms with van der Waals surface area (Å²) < 4.78 is 4.43. The van der Waals surface area contributed by atoms with Crippen LogP contribution in [0.3, 0.4) is 0 Å². The van der Waals surface area contributed by atoms with Crippen molar-refractivity contribution in [2.45, 2.75) is 31.6 Å². The van der Waals surface area contributed by atoms with Gasteiger partial charge in [-0.3, -0.25) is 0 Å². The minimum Gasteiger partial charge on any atom is -0.453 e. The van der Waals surface area contributed by atoms with Gasteiger partial charge in [-0.2, -0.15) is 12.6 Å². The third-order valence-corrected chi connectivity index (χ3v) is 1.46. The summed E-state index contributed by atoms with van der Waals surface area (Å²) in [6.45, 7) is 3.90. The zero-order chi connectivity index (χ0) is 8.85. The summed E-state index contributed by atoms with van der Waals surface area (Å²) in [6.07, 6.45) is 0.463. The fourth-order valence-corrected chi connectivity index (χ4v) is 1.15. The van der Waals surface area contributed by atoms with Crippen LogP contribution in [0.15, 0.2) is 0 Å². The molecule has 0 spiro atoms. The first-order valence-corrected chi connectivity index (χ1v) is 4.10. The number of thiol groups is 1. The third-order valence-electron chi connectivity index (χ3n) is 1.24. The SMILES string of the molecule is COC(=O)NC(C)CC(C)S. The van der Waals surface area contributed by atoms with Crippen molar-refractivity contribution in [2.24, 2.45) is 0 Å². The van der Waals surface area contributed by atoms with Crippen LogP contribution in [-0.4, -0.2) is 24.5 Å². The molecule has 0 rings (SSSR count). The minimum absolute atomic E-state index is 0.120. The summed E-state index contributed by atoms with van der Waals surface area (Å²) >= 11 is 4.20. The normalized spacial score (nSPS) is 15.3. The van der Waals surface area contributed by atoms with Crippen LogP contribution in [0.2, 0.25) is 0 Å². The van der Waals surface area contributed by atoms with Crippen molar-refractivity contribution in [1.82, 2.24) is 5.32 Å². The second-order valence-corrected chi connectivity index (χ2v) is 3.50. The number of hydrogen-bond acceptors (Lipinski definition) is 3. The molecule has 1 N–H and O–H groups in total. The van der Waals surface area contributed by atoms with Crippen molar-refractivity contribution in [1.29, 1.82) is 0 Å². The molecular formula is C7H15NO2S. The van der Waals surface area contributed by atoms with Crippen LogP contribution in [0, 0.1) is 0 Å². The van der Waals surface area contributed by atoms with Gasteiger partial charge in [-0.25, -0.2) is 4.79 Å². The number of amides is 1. The summed E-state index contributed by atoms with van der Waals surface area (Å²) in [5.74, 6) is 0. The second-order valence-electron chi connectivity index (χ2n) is 2.62. The number of methoxy groups -OCH3 is 1. The standard InChI is InChI=1S/C7H15NO2S/c1-5(4-6(2)11)8-7(9)10-3/h5-6,11H,4H2,1-3H3,(H,8,9). The van der Waals surface area contributed by atoms with E-state index in [4.69, 9.17) is 0 Å². The van der Waals surface area contributed by atoms with Gasteiger partial charge in [0.05, 0.1) is 7.11 Å². The molecule has 0 aromatic rings. The van der Waals surface area contributed by atoms with Gasteiger partial charge in [0.25, 0.3) is 0 Å². The molecule has 0 aromatic carbocycles. The van der Waals surface area contributed by atoms with Crippen LogP contribution in [0.5, 0.6) is 0 Å². The molecule has 2 unspecified atom stereocenters. The molecule has 0 aliphatic rings. The maximum Gasteiger partial charge on any atom is 0.407 e. The van der Waals surface area contributed by atoms with Crippen LogP contribution < -0.4 is 5.32 Å². The molecular weight excluding hydrogens is 162 g/mol. The maximum absolute atomic E-state index is 10.6. The number of rotatable bonds is 3. The molecule has 11 heavy (non-hydrogen) atoms. The molecule has 0 aliphatic heterocycles. The molecule has 0 heterocycles. The monoisotopic (exact) mass is 177 g/mol. The van der Waals surface area contributed by atoms with Crippen LogP contribution in [-0.2, 0) is 4.74 Å². The van der Waals surface area contributed by atoms with Crippen molar-refractivity contribution < 1.29 is 9.53 Å². The quantitative estimate of drug-likeness (QED) is 0.640. The van der Waals surface area contributed by atoms with E-state index in [0.717, 1.165) is 6.42 Å². The lowest BCUT2D eigenvalue weighted by Gasteiger charge is -2.13. The average molecular weight is 177 g/mol. The van der Waals surface area contributed by atoms with Crippen LogP contribution >= 0.6 is 12.6 Å². The van der Waals surface area contributed by atoms with E-state index >= 15 is 0 Å². The zero-order valence-electron chi connectivity index (χ0n) is 7.13. The fraction of sp³-hybridized carbons (Fsp3) is 0.857. The Labute approximate surface area is 72.9 Å². The number of ether oxygens (including phenoxy) is 1. The van der Waals surface area contributed by atoms with Crippen LogP contribution in [0.25, 0.3) is 0 Å². The number of carbonyl (C=O) groups is 1. The lowest BCUT2D eigenvalue weighted by atomic mass is 10.2. The summed E-state index contributed by atoms with van der Waals surface area (Å²) in [5.41, 5.74) is 0. The largest absolute Gasteiger partial charge is 0.453 e. The van der Waals surface area contributed by atoms with E-state index in [1.807, 2.05) is 13.8 Å². The van der Waals surface area contributed by atoms with Gasteiger partial charge in [-0.1, -0.05) is 6.92 Å². The van der Waals surface area contributed by atoms with E-state index < -0.39 is 0 Å². The van der Waals surface area contributed by atoms with Gasteiger partial charge >= 0.3 is 6.09 Å². The number of alkyl carbamates (subject to hydrolysis) is 1. The van der Waals surface area contributed by atoms with Gasteiger partial charge in [0, 0.05) is 11.3 Å². The van der Waals surface area contributed by atoms with Crippen molar-refractivity contribution in [3.8, 4) is 0 Å². The summed E-state index contributed by atoms with van der Waals surface area (Å²) in [6, 6.07) is 0.120. The third kappa shape index (κ3) is 6.04. The Morgan fingerprint density at radius 2 is 2.18 bits per heavy atom. The Morgan fingerprint density at radius 3 is 2.55 bits per heavy atom. The van der Waals surface area contributed by atoms with E-state index in [0.29, 0.717) is 5.25 Å². The molecule has 2 atom stereocenters. The second kappa shape index (κ2) is 5.29. The van der Waals surface area contributed by atoms with E-state index in [-0.39, 0.29) is 12.1 Å². The van der Waals surface area contributed by atoms with Gasteiger partial charge in [0.1, 0.15) is 0 Å². The maximum atomic E-state index is 10.6. The van der Waals surface area contributed by atoms with Gasteiger partial charge in [-0.05, 0) is 13.3 Å². The van der Waals surface area contributed by atoms with E-state index in [1.54, 1.807) is 0 Å². The van der Waals surface area contributed by atoms with E-state index in [2.05, 4.69) is 22.7 Å². The summed E-state index contributed by atoms with van der Waals surface area (Å²) in [5, 5.41) is 2.94. The smallest absolute Gasteiger partial charge is 0.407 e. The highest BCUT2D eigenvalue weighted by Crippen LogP contribution is 2.03. The van der Waals surface area contributed by atoms with Crippen molar-refractivity contribution >= 4 is 18.7 Å². The highest BCUT2D eigenvalue weighted by molar-refractivity contribution is 7.80. The van der Waals surface area contributed by atoms with E-state index in [1.165, 1.54) is 7.11 Å². The molecule has 0 aromatic heterocycles. The predicted molar refractivity (Wildman–Crippen MR) is 48.1 cm³/mol. The zero-order valence-corrected chi connectivity index (χ0v) is 8.02. The van der Waals surface area contributed by atoms with Crippen LogP contribution in [0.4, 0.5) is 4.79 Å². The van der Waals surface area contributed by atoms with Gasteiger partial charge in [0.2, 0.25) is 0 Å². The molecule has 1 amide bonds. The van der Waals surface area contributed by atoms with Gasteiger partial charge in [0.15, 0.2) is 0 Å². The van der Waals surface area contributed by atoms with Crippen molar-refractivity contribution in [3.05, 3.63) is 0 Å². The predicted octanol–water partition coefficient (Wildman–Crippen LogP) is 1.44. The number of hydrogen-bond donors (Lipinski definition) is 2. The van der Waals surface area contributed by atoms with Gasteiger partial charge in [-0.15, -0.1) is 0 Å². The fourth-order valence-electron chi connectivity index (χ4n) is 0.831. The molecule has 0 bridgehead atoms. The number of nitrogens with one attached hydrogen (secondary N) is 1. The Kier molecular flexibility index (Phi) is 5.11. The molecule has 0 saturated carbocycles. The first-order chi connectivity index (χ1) is 5.06. The Bertz CT molecular complexity index is 128. The molecule has 4 heteroatoms. The summed E-state index contributed by atoms with van der Waals surface area (Å²) in [7, 11) is 1.35. The minimum atomic E-state index is -0.383. The Balaban J connectivity index is 3.51.